The SMILES string of the molecule is Nc1c(NC2CCCNC2=O)cccc1S(N)(=O)=O. The smallest absolute Gasteiger partial charge is 0.242 e. The minimum Gasteiger partial charge on any atom is -0.396 e. The fourth-order valence-corrected chi connectivity index (χ4v) is 2.70. The number of nitrogen functional groups attached to an aromatic ring is 1. The van der Waals surface area contributed by atoms with Crippen molar-refractivity contribution in [2.45, 2.75) is 23.8 Å². The molecule has 6 N–H and O–H groups in total. The van der Waals surface area contributed by atoms with E-state index in [9.17, 15) is 13.2 Å². The van der Waals surface area contributed by atoms with Crippen molar-refractivity contribution in [2.75, 3.05) is 17.6 Å². The van der Waals surface area contributed by atoms with Gasteiger partial charge in [-0.1, -0.05) is 6.07 Å². The molecule has 0 bridgehead atoms. The number of anilines is 2. The maximum atomic E-state index is 11.6. The lowest BCUT2D eigenvalue weighted by Gasteiger charge is -2.24. The molecule has 0 aliphatic carbocycles. The first-order valence-corrected chi connectivity index (χ1v) is 7.40. The van der Waals surface area contributed by atoms with Gasteiger partial charge in [0.25, 0.3) is 0 Å². The number of sulfonamides is 1. The van der Waals surface area contributed by atoms with Crippen LogP contribution in [0.5, 0.6) is 0 Å². The summed E-state index contributed by atoms with van der Waals surface area (Å²) in [4.78, 5) is 11.5. The van der Waals surface area contributed by atoms with Gasteiger partial charge >= 0.3 is 0 Å². The molecule has 0 radical (unpaired) electrons. The quantitative estimate of drug-likeness (QED) is 0.562. The Morgan fingerprint density at radius 3 is 2.74 bits per heavy atom. The van der Waals surface area contributed by atoms with Crippen LogP contribution in [0.1, 0.15) is 12.8 Å². The van der Waals surface area contributed by atoms with Crippen LogP contribution in [-0.4, -0.2) is 26.9 Å². The number of hydrogen-bond donors (Lipinski definition) is 4. The van der Waals surface area contributed by atoms with Gasteiger partial charge in [0.05, 0.1) is 11.4 Å². The maximum Gasteiger partial charge on any atom is 0.242 e. The predicted molar refractivity (Wildman–Crippen MR) is 71.9 cm³/mol. The standard InChI is InChI=1S/C11H16N4O3S/c12-10-7(3-1-5-9(10)19(13,17)18)15-8-4-2-6-14-11(8)16/h1,3,5,8,15H,2,4,6,12H2,(H,14,16)(H2,13,17,18). The largest absolute Gasteiger partial charge is 0.396 e. The second kappa shape index (κ2) is 5.06. The van der Waals surface area contributed by atoms with Crippen LogP contribution in [0.25, 0.3) is 0 Å². The lowest BCUT2D eigenvalue weighted by Crippen LogP contribution is -2.44. The van der Waals surface area contributed by atoms with Gasteiger partial charge in [-0.2, -0.15) is 0 Å². The monoisotopic (exact) mass is 284 g/mol. The predicted octanol–water partition coefficient (Wildman–Crippen LogP) is -0.393. The molecule has 19 heavy (non-hydrogen) atoms. The molecule has 1 atom stereocenters. The van der Waals surface area contributed by atoms with Crippen molar-refractivity contribution in [1.29, 1.82) is 0 Å². The fraction of sp³-hybridized carbons (Fsp3) is 0.364. The molecule has 0 spiro atoms. The maximum absolute atomic E-state index is 11.6. The number of nitrogens with one attached hydrogen (secondary N) is 2. The first-order chi connectivity index (χ1) is 8.89. The summed E-state index contributed by atoms with van der Waals surface area (Å²) in [7, 11) is -3.88. The Morgan fingerprint density at radius 1 is 1.37 bits per heavy atom. The number of carbonyl (C=O) groups is 1. The molecule has 8 heteroatoms. The molecule has 2 rings (SSSR count). The number of amides is 1. The Labute approximate surface area is 111 Å². The molecule has 1 aromatic rings. The van der Waals surface area contributed by atoms with Crippen LogP contribution in [0.2, 0.25) is 0 Å². The van der Waals surface area contributed by atoms with Crippen LogP contribution in [-0.2, 0) is 14.8 Å². The Morgan fingerprint density at radius 2 is 2.11 bits per heavy atom. The molecule has 1 unspecified atom stereocenters. The van der Waals surface area contributed by atoms with E-state index in [-0.39, 0.29) is 16.5 Å². The van der Waals surface area contributed by atoms with Crippen LogP contribution < -0.4 is 21.5 Å². The number of benzene rings is 1. The number of primary sulfonamides is 1. The normalized spacial score (nSPS) is 19.8. The van der Waals surface area contributed by atoms with Crippen molar-refractivity contribution in [2.24, 2.45) is 5.14 Å². The highest BCUT2D eigenvalue weighted by Crippen LogP contribution is 2.27. The summed E-state index contributed by atoms with van der Waals surface area (Å²) < 4.78 is 22.7. The van der Waals surface area contributed by atoms with Crippen LogP contribution in [0.4, 0.5) is 11.4 Å². The van der Waals surface area contributed by atoms with E-state index < -0.39 is 16.1 Å². The van der Waals surface area contributed by atoms with Crippen LogP contribution in [0.15, 0.2) is 23.1 Å². The van der Waals surface area contributed by atoms with Crippen molar-refractivity contribution in [3.8, 4) is 0 Å². The van der Waals surface area contributed by atoms with Gasteiger partial charge in [-0.25, -0.2) is 13.6 Å². The van der Waals surface area contributed by atoms with Crippen molar-refractivity contribution in [1.82, 2.24) is 5.32 Å². The lowest BCUT2D eigenvalue weighted by molar-refractivity contribution is -0.123. The molecule has 0 aromatic heterocycles. The molecule has 1 fully saturated rings. The van der Waals surface area contributed by atoms with Gasteiger partial charge in [0, 0.05) is 6.54 Å². The average Bonchev–Trinajstić information content (AvgIpc) is 2.33. The molecule has 1 saturated heterocycles. The lowest BCUT2D eigenvalue weighted by atomic mass is 10.1. The summed E-state index contributed by atoms with van der Waals surface area (Å²) in [5, 5.41) is 10.8. The molecule has 1 amide bonds. The zero-order valence-corrected chi connectivity index (χ0v) is 11.0. The Hall–Kier alpha value is -1.80. The molecule has 7 nitrogen and oxygen atoms in total. The van der Waals surface area contributed by atoms with Gasteiger partial charge < -0.3 is 16.4 Å². The molecule has 1 heterocycles. The molecular weight excluding hydrogens is 268 g/mol. The van der Waals surface area contributed by atoms with Gasteiger partial charge in [-0.15, -0.1) is 0 Å². The summed E-state index contributed by atoms with van der Waals surface area (Å²) >= 11 is 0. The number of hydrogen-bond acceptors (Lipinski definition) is 5. The second-order valence-electron chi connectivity index (χ2n) is 4.39. The number of nitrogens with two attached hydrogens (primary N) is 2. The number of rotatable bonds is 3. The van der Waals surface area contributed by atoms with Crippen LogP contribution >= 0.6 is 0 Å². The van der Waals surface area contributed by atoms with E-state index in [4.69, 9.17) is 10.9 Å². The minimum atomic E-state index is -3.88. The molecule has 1 aliphatic heterocycles. The van der Waals surface area contributed by atoms with Crippen molar-refractivity contribution < 1.29 is 13.2 Å². The summed E-state index contributed by atoms with van der Waals surface area (Å²) in [6.07, 6.45) is 1.53. The second-order valence-corrected chi connectivity index (χ2v) is 5.92. The Bertz CT molecular complexity index is 600. The van der Waals surface area contributed by atoms with Crippen LogP contribution in [0, 0.1) is 0 Å². The highest BCUT2D eigenvalue weighted by molar-refractivity contribution is 7.89. The van der Waals surface area contributed by atoms with E-state index in [1.165, 1.54) is 12.1 Å². The van der Waals surface area contributed by atoms with E-state index in [1.807, 2.05) is 0 Å². The third-order valence-corrected chi connectivity index (χ3v) is 3.96. The number of piperidine rings is 1. The number of carbonyl (C=O) groups excluding carboxylic acids is 1. The molecule has 1 aromatic carbocycles. The first kappa shape index (κ1) is 13.6. The summed E-state index contributed by atoms with van der Waals surface area (Å²) in [5.41, 5.74) is 6.21. The third kappa shape index (κ3) is 2.96. The van der Waals surface area contributed by atoms with Gasteiger partial charge in [0.1, 0.15) is 10.9 Å². The van der Waals surface area contributed by atoms with E-state index >= 15 is 0 Å². The fourth-order valence-electron chi connectivity index (χ4n) is 2.02. The number of para-hydroxylation sites is 1. The van der Waals surface area contributed by atoms with Gasteiger partial charge in [0.15, 0.2) is 0 Å². The van der Waals surface area contributed by atoms with Crippen molar-refractivity contribution in [3.63, 3.8) is 0 Å². The average molecular weight is 284 g/mol. The Balaban J connectivity index is 2.28. The zero-order chi connectivity index (χ0) is 14.0. The zero-order valence-electron chi connectivity index (χ0n) is 10.2. The molecule has 104 valence electrons. The summed E-state index contributed by atoms with van der Waals surface area (Å²) in [6.45, 7) is 0.656. The Kier molecular flexibility index (Phi) is 3.63. The van der Waals surface area contributed by atoms with E-state index in [0.29, 0.717) is 18.7 Å². The van der Waals surface area contributed by atoms with E-state index in [2.05, 4.69) is 10.6 Å². The van der Waals surface area contributed by atoms with E-state index in [0.717, 1.165) is 6.42 Å². The molecule has 1 aliphatic rings. The van der Waals surface area contributed by atoms with Gasteiger partial charge in [0.2, 0.25) is 15.9 Å². The van der Waals surface area contributed by atoms with Crippen molar-refractivity contribution in [3.05, 3.63) is 18.2 Å². The topological polar surface area (TPSA) is 127 Å². The first-order valence-electron chi connectivity index (χ1n) is 5.85. The third-order valence-electron chi connectivity index (χ3n) is 2.99. The minimum absolute atomic E-state index is 0.0309. The van der Waals surface area contributed by atoms with Gasteiger partial charge in [-0.05, 0) is 25.0 Å². The molecular formula is C11H16N4O3S. The summed E-state index contributed by atoms with van der Waals surface area (Å²) in [6, 6.07) is 4.06. The van der Waals surface area contributed by atoms with Crippen LogP contribution in [0.3, 0.4) is 0 Å². The highest BCUT2D eigenvalue weighted by Gasteiger charge is 2.23. The summed E-state index contributed by atoms with van der Waals surface area (Å²) in [5.74, 6) is -0.119. The van der Waals surface area contributed by atoms with Crippen molar-refractivity contribution >= 4 is 27.3 Å². The van der Waals surface area contributed by atoms with E-state index in [1.54, 1.807) is 6.07 Å². The molecule has 0 saturated carbocycles. The van der Waals surface area contributed by atoms with Gasteiger partial charge in [-0.3, -0.25) is 4.79 Å². The highest BCUT2D eigenvalue weighted by atomic mass is 32.2.